The number of likely N-dealkylation sites (N-methyl/N-ethyl adjacent to an activating group) is 1. The van der Waals surface area contributed by atoms with Gasteiger partial charge in [0.1, 0.15) is 0 Å². The molecule has 1 heterocycles. The van der Waals surface area contributed by atoms with Crippen molar-refractivity contribution in [1.82, 2.24) is 15.1 Å². The molecule has 0 aliphatic carbocycles. The SMILES string of the molecule is COc1cc(CCC(=O)NCc2cccc(CN3CCN(C)CC3)c2)ccc1OCC(F)(F)F. The van der Waals surface area contributed by atoms with Crippen LogP contribution >= 0.6 is 0 Å². The molecule has 1 aliphatic heterocycles. The molecular weight excluding hydrogens is 447 g/mol. The number of nitrogens with one attached hydrogen (secondary N) is 1. The molecule has 2 aromatic carbocycles. The Morgan fingerprint density at radius 3 is 2.44 bits per heavy atom. The normalized spacial score (nSPS) is 15.2. The summed E-state index contributed by atoms with van der Waals surface area (Å²) < 4.78 is 47.1. The quantitative estimate of drug-likeness (QED) is 0.564. The fourth-order valence-electron chi connectivity index (χ4n) is 3.80. The summed E-state index contributed by atoms with van der Waals surface area (Å²) in [5, 5.41) is 2.94. The molecule has 0 aromatic heterocycles. The van der Waals surface area contributed by atoms with Crippen LogP contribution in [0.2, 0.25) is 0 Å². The molecular formula is C25H32F3N3O3. The summed E-state index contributed by atoms with van der Waals surface area (Å²) in [4.78, 5) is 17.1. The smallest absolute Gasteiger partial charge is 0.422 e. The molecule has 1 fully saturated rings. The largest absolute Gasteiger partial charge is 0.493 e. The minimum atomic E-state index is -4.42. The zero-order valence-electron chi connectivity index (χ0n) is 19.7. The van der Waals surface area contributed by atoms with Gasteiger partial charge in [-0.3, -0.25) is 9.69 Å². The third-order valence-electron chi connectivity index (χ3n) is 5.74. The van der Waals surface area contributed by atoms with Crippen LogP contribution in [0.15, 0.2) is 42.5 Å². The third kappa shape index (κ3) is 8.53. The highest BCUT2D eigenvalue weighted by molar-refractivity contribution is 5.76. The number of ether oxygens (including phenoxy) is 2. The van der Waals surface area contributed by atoms with Gasteiger partial charge in [0.2, 0.25) is 5.91 Å². The van der Waals surface area contributed by atoms with Gasteiger partial charge in [0.25, 0.3) is 0 Å². The summed E-state index contributed by atoms with van der Waals surface area (Å²) in [5.41, 5.74) is 3.06. The standard InChI is InChI=1S/C25H32F3N3O3/c1-30-10-12-31(13-11-30)17-21-5-3-4-20(14-21)16-29-24(32)9-7-19-6-8-22(23(15-19)33-2)34-18-25(26,27)28/h3-6,8,14-15H,7,9-13,16-18H2,1-2H3,(H,29,32). The number of carbonyl (C=O) groups is 1. The van der Waals surface area contributed by atoms with Crippen molar-refractivity contribution >= 4 is 5.91 Å². The number of hydrogen-bond donors (Lipinski definition) is 1. The average molecular weight is 480 g/mol. The molecule has 0 unspecified atom stereocenters. The monoisotopic (exact) mass is 479 g/mol. The van der Waals surface area contributed by atoms with E-state index in [9.17, 15) is 18.0 Å². The lowest BCUT2D eigenvalue weighted by Crippen LogP contribution is -2.43. The fourth-order valence-corrected chi connectivity index (χ4v) is 3.80. The molecule has 1 saturated heterocycles. The van der Waals surface area contributed by atoms with Gasteiger partial charge in [-0.1, -0.05) is 30.3 Å². The van der Waals surface area contributed by atoms with E-state index in [4.69, 9.17) is 9.47 Å². The van der Waals surface area contributed by atoms with Crippen molar-refractivity contribution in [3.8, 4) is 11.5 Å². The average Bonchev–Trinajstić information content (AvgIpc) is 2.81. The van der Waals surface area contributed by atoms with E-state index in [0.717, 1.165) is 43.9 Å². The van der Waals surface area contributed by atoms with Crippen molar-refractivity contribution in [2.75, 3.05) is 46.9 Å². The Hall–Kier alpha value is -2.78. The molecule has 1 aliphatic rings. The van der Waals surface area contributed by atoms with Gasteiger partial charge in [0.15, 0.2) is 18.1 Å². The van der Waals surface area contributed by atoms with E-state index in [1.54, 1.807) is 12.1 Å². The first kappa shape index (κ1) is 25.8. The van der Waals surface area contributed by atoms with E-state index in [0.29, 0.717) is 13.0 Å². The first-order valence-corrected chi connectivity index (χ1v) is 11.3. The van der Waals surface area contributed by atoms with Crippen LogP contribution in [-0.4, -0.2) is 68.8 Å². The molecule has 0 bridgehead atoms. The fraction of sp³-hybridized carbons (Fsp3) is 0.480. The number of halogens is 3. The number of rotatable bonds is 10. The zero-order chi connectivity index (χ0) is 24.6. The van der Waals surface area contributed by atoms with Crippen LogP contribution in [0.5, 0.6) is 11.5 Å². The van der Waals surface area contributed by atoms with Gasteiger partial charge in [-0.05, 0) is 42.3 Å². The van der Waals surface area contributed by atoms with Crippen LogP contribution in [-0.2, 0) is 24.3 Å². The van der Waals surface area contributed by atoms with Crippen molar-refractivity contribution in [2.24, 2.45) is 0 Å². The van der Waals surface area contributed by atoms with Gasteiger partial charge in [0, 0.05) is 45.7 Å². The Kier molecular flexibility index (Phi) is 9.18. The Morgan fingerprint density at radius 1 is 1.00 bits per heavy atom. The molecule has 1 N–H and O–H groups in total. The molecule has 0 spiro atoms. The van der Waals surface area contributed by atoms with Crippen LogP contribution in [0.4, 0.5) is 13.2 Å². The van der Waals surface area contributed by atoms with E-state index in [1.165, 1.54) is 18.7 Å². The Balaban J connectivity index is 1.45. The van der Waals surface area contributed by atoms with E-state index in [2.05, 4.69) is 34.3 Å². The van der Waals surface area contributed by atoms with Crippen LogP contribution in [0, 0.1) is 0 Å². The molecule has 186 valence electrons. The summed E-state index contributed by atoms with van der Waals surface area (Å²) in [6.07, 6.45) is -3.73. The molecule has 2 aromatic rings. The number of alkyl halides is 3. The number of methoxy groups -OCH3 is 1. The molecule has 3 rings (SSSR count). The second-order valence-electron chi connectivity index (χ2n) is 8.57. The number of aryl methyl sites for hydroxylation is 1. The van der Waals surface area contributed by atoms with Gasteiger partial charge >= 0.3 is 6.18 Å². The summed E-state index contributed by atoms with van der Waals surface area (Å²) in [7, 11) is 3.50. The Bertz CT molecular complexity index is 944. The lowest BCUT2D eigenvalue weighted by molar-refractivity contribution is -0.153. The third-order valence-corrected chi connectivity index (χ3v) is 5.74. The Labute approximate surface area is 198 Å². The number of carbonyl (C=O) groups excluding carboxylic acids is 1. The van der Waals surface area contributed by atoms with E-state index in [1.807, 2.05) is 12.1 Å². The van der Waals surface area contributed by atoms with E-state index < -0.39 is 12.8 Å². The summed E-state index contributed by atoms with van der Waals surface area (Å²) in [6.45, 7) is 4.22. The van der Waals surface area contributed by atoms with Crippen LogP contribution in [0.25, 0.3) is 0 Å². The summed E-state index contributed by atoms with van der Waals surface area (Å²) in [6, 6.07) is 12.9. The minimum Gasteiger partial charge on any atom is -0.493 e. The maximum atomic E-state index is 12.4. The maximum absolute atomic E-state index is 12.4. The van der Waals surface area contributed by atoms with Crippen molar-refractivity contribution in [1.29, 1.82) is 0 Å². The van der Waals surface area contributed by atoms with Gasteiger partial charge in [0.05, 0.1) is 7.11 Å². The van der Waals surface area contributed by atoms with Gasteiger partial charge < -0.3 is 19.7 Å². The number of benzene rings is 2. The summed E-state index contributed by atoms with van der Waals surface area (Å²) >= 11 is 0. The van der Waals surface area contributed by atoms with Gasteiger partial charge in [-0.2, -0.15) is 13.2 Å². The molecule has 0 saturated carbocycles. The number of hydrogen-bond acceptors (Lipinski definition) is 5. The summed E-state index contributed by atoms with van der Waals surface area (Å²) in [5.74, 6) is 0.129. The van der Waals surface area contributed by atoms with E-state index in [-0.39, 0.29) is 23.8 Å². The predicted octanol–water partition coefficient (Wildman–Crippen LogP) is 3.63. The highest BCUT2D eigenvalue weighted by Gasteiger charge is 2.29. The van der Waals surface area contributed by atoms with Crippen molar-refractivity contribution < 1.29 is 27.4 Å². The molecule has 6 nitrogen and oxygen atoms in total. The molecule has 0 atom stereocenters. The lowest BCUT2D eigenvalue weighted by atomic mass is 10.1. The molecule has 34 heavy (non-hydrogen) atoms. The second kappa shape index (κ2) is 12.1. The predicted molar refractivity (Wildman–Crippen MR) is 124 cm³/mol. The van der Waals surface area contributed by atoms with Crippen molar-refractivity contribution in [3.05, 3.63) is 59.2 Å². The molecule has 1 amide bonds. The van der Waals surface area contributed by atoms with E-state index >= 15 is 0 Å². The zero-order valence-corrected chi connectivity index (χ0v) is 19.7. The highest BCUT2D eigenvalue weighted by atomic mass is 19.4. The number of nitrogens with zero attached hydrogens (tertiary/aromatic N) is 2. The van der Waals surface area contributed by atoms with Gasteiger partial charge in [-0.25, -0.2) is 0 Å². The molecule has 9 heteroatoms. The van der Waals surface area contributed by atoms with Crippen LogP contribution in [0.3, 0.4) is 0 Å². The topological polar surface area (TPSA) is 54.0 Å². The Morgan fingerprint density at radius 2 is 1.74 bits per heavy atom. The van der Waals surface area contributed by atoms with Gasteiger partial charge in [-0.15, -0.1) is 0 Å². The maximum Gasteiger partial charge on any atom is 0.422 e. The van der Waals surface area contributed by atoms with Crippen molar-refractivity contribution in [2.45, 2.75) is 32.1 Å². The van der Waals surface area contributed by atoms with Crippen LogP contribution < -0.4 is 14.8 Å². The van der Waals surface area contributed by atoms with Crippen molar-refractivity contribution in [3.63, 3.8) is 0 Å². The highest BCUT2D eigenvalue weighted by Crippen LogP contribution is 2.30. The lowest BCUT2D eigenvalue weighted by Gasteiger charge is -2.32. The molecule has 0 radical (unpaired) electrons. The van der Waals surface area contributed by atoms with Crippen LogP contribution in [0.1, 0.15) is 23.1 Å². The number of amides is 1. The first-order valence-electron chi connectivity index (χ1n) is 11.3. The minimum absolute atomic E-state index is 0.0180. The number of piperazine rings is 1. The second-order valence-corrected chi connectivity index (χ2v) is 8.57. The first-order chi connectivity index (χ1) is 16.2.